The molecular formula is C24H32N2O5. The second kappa shape index (κ2) is 8.11. The predicted molar refractivity (Wildman–Crippen MR) is 116 cm³/mol. The van der Waals surface area contributed by atoms with Crippen molar-refractivity contribution >= 4 is 16.9 Å². The summed E-state index contributed by atoms with van der Waals surface area (Å²) in [7, 11) is 1.99. The topological polar surface area (TPSA) is 73.0 Å². The molecule has 0 unspecified atom stereocenters. The van der Waals surface area contributed by atoms with Gasteiger partial charge < -0.3 is 23.9 Å². The van der Waals surface area contributed by atoms with Crippen LogP contribution in [0.3, 0.4) is 0 Å². The van der Waals surface area contributed by atoms with E-state index in [1.807, 2.05) is 12.1 Å². The third-order valence-corrected chi connectivity index (χ3v) is 7.75. The van der Waals surface area contributed by atoms with Crippen molar-refractivity contribution in [2.24, 2.45) is 17.8 Å². The van der Waals surface area contributed by atoms with Gasteiger partial charge in [-0.15, -0.1) is 0 Å². The zero-order valence-corrected chi connectivity index (χ0v) is 18.2. The predicted octanol–water partition coefficient (Wildman–Crippen LogP) is 2.93. The number of nitrogens with zero attached hydrogens (tertiary/aromatic N) is 1. The number of aromatic nitrogens is 1. The molecule has 0 amide bonds. The van der Waals surface area contributed by atoms with Gasteiger partial charge in [0.25, 0.3) is 0 Å². The van der Waals surface area contributed by atoms with Gasteiger partial charge in [-0.2, -0.15) is 0 Å². The molecule has 0 bridgehead atoms. The fourth-order valence-electron chi connectivity index (χ4n) is 6.36. The quantitative estimate of drug-likeness (QED) is 0.751. The summed E-state index contributed by atoms with van der Waals surface area (Å²) in [6, 6.07) is 6.27. The molecule has 1 saturated carbocycles. The van der Waals surface area contributed by atoms with Crippen molar-refractivity contribution in [3.8, 4) is 5.75 Å². The summed E-state index contributed by atoms with van der Waals surface area (Å²) in [6.45, 7) is 1.69. The summed E-state index contributed by atoms with van der Waals surface area (Å²) >= 11 is 0. The minimum Gasteiger partial charge on any atom is -0.497 e. The van der Waals surface area contributed by atoms with Crippen molar-refractivity contribution in [3.05, 3.63) is 29.5 Å². The lowest BCUT2D eigenvalue weighted by molar-refractivity contribution is -0.179. The maximum atomic E-state index is 13.0. The Bertz CT molecular complexity index is 1070. The van der Waals surface area contributed by atoms with Crippen LogP contribution in [0.2, 0.25) is 0 Å². The Labute approximate surface area is 187 Å². The van der Waals surface area contributed by atoms with E-state index in [-0.39, 0.29) is 23.8 Å². The van der Waals surface area contributed by atoms with Crippen molar-refractivity contribution in [3.63, 3.8) is 0 Å². The first kappa shape index (κ1) is 17.5. The van der Waals surface area contributed by atoms with Crippen molar-refractivity contribution in [2.75, 3.05) is 41.5 Å². The summed E-state index contributed by atoms with van der Waals surface area (Å²) in [4.78, 5) is 19.1. The van der Waals surface area contributed by atoms with Crippen molar-refractivity contribution < 1.29 is 27.9 Å². The lowest BCUT2D eigenvalue weighted by atomic mass is 9.64. The van der Waals surface area contributed by atoms with Crippen LogP contribution < -0.4 is 4.74 Å². The highest BCUT2D eigenvalue weighted by atomic mass is 16.5. The number of aromatic amines is 1. The Morgan fingerprint density at radius 2 is 2.10 bits per heavy atom. The molecule has 0 radical (unpaired) electrons. The van der Waals surface area contributed by atoms with Crippen LogP contribution >= 0.6 is 0 Å². The first-order chi connectivity index (χ1) is 16.2. The Morgan fingerprint density at radius 1 is 1.23 bits per heavy atom. The molecule has 5 rings (SSSR count). The minimum absolute atomic E-state index is 0.00185. The molecular weight excluding hydrogens is 396 g/mol. The molecule has 2 fully saturated rings. The molecule has 7 heteroatoms. The summed E-state index contributed by atoms with van der Waals surface area (Å²) < 4.78 is 44.6. The van der Waals surface area contributed by atoms with E-state index in [1.54, 1.807) is 7.11 Å². The molecule has 2 aromatic rings. The number of hydrogen-bond donors (Lipinski definition) is 1. The van der Waals surface area contributed by atoms with Crippen LogP contribution in [0.5, 0.6) is 5.75 Å². The molecule has 31 heavy (non-hydrogen) atoms. The van der Waals surface area contributed by atoms with Crippen LogP contribution in [0.15, 0.2) is 18.2 Å². The fraction of sp³-hybridized carbons (Fsp3) is 0.625. The zero-order valence-electron chi connectivity index (χ0n) is 21.2. The van der Waals surface area contributed by atoms with Gasteiger partial charge in [0.1, 0.15) is 5.75 Å². The van der Waals surface area contributed by atoms with E-state index < -0.39 is 25.2 Å². The molecule has 3 aliphatic rings. The van der Waals surface area contributed by atoms with Crippen molar-refractivity contribution in [1.29, 1.82) is 0 Å². The first-order valence-corrected chi connectivity index (χ1v) is 10.9. The molecule has 1 N–H and O–H groups in total. The van der Waals surface area contributed by atoms with Crippen LogP contribution in [0, 0.1) is 17.8 Å². The molecule has 3 heterocycles. The van der Waals surface area contributed by atoms with Crippen molar-refractivity contribution in [1.82, 2.24) is 9.88 Å². The summed E-state index contributed by atoms with van der Waals surface area (Å²) in [5, 5.41) is 1.21. The van der Waals surface area contributed by atoms with Gasteiger partial charge in [-0.3, -0.25) is 9.69 Å². The summed E-state index contributed by atoms with van der Waals surface area (Å²) in [5.41, 5.74) is 3.59. The van der Waals surface area contributed by atoms with Gasteiger partial charge in [-0.05, 0) is 48.8 Å². The highest BCUT2D eigenvalue weighted by molar-refractivity contribution is 5.86. The number of ether oxygens (including phenoxy) is 4. The molecule has 1 aromatic heterocycles. The van der Waals surface area contributed by atoms with Crippen LogP contribution in [0.25, 0.3) is 10.9 Å². The first-order valence-electron chi connectivity index (χ1n) is 12.4. The number of esters is 1. The maximum absolute atomic E-state index is 13.0. The summed E-state index contributed by atoms with van der Waals surface area (Å²) in [6.07, 6.45) is 0.874. The van der Waals surface area contributed by atoms with Crippen LogP contribution in [0.1, 0.15) is 34.3 Å². The van der Waals surface area contributed by atoms with E-state index in [9.17, 15) is 4.79 Å². The molecule has 6 atom stereocenters. The molecule has 168 valence electrons. The second-order valence-corrected chi connectivity index (χ2v) is 8.99. The van der Waals surface area contributed by atoms with E-state index >= 15 is 0 Å². The van der Waals surface area contributed by atoms with Crippen LogP contribution in [-0.4, -0.2) is 69.5 Å². The second-order valence-electron chi connectivity index (χ2n) is 8.99. The SMILES string of the molecule is [2H]C([2H])([2H])O[C@H]1C[C@@H]2CN3CCc4c([nH]c5cc(OC)ccc45)[C@H]3C[C@@H]2[C@H](C(=O)OC)[C@H]1OC. The number of H-pyrrole nitrogens is 1. The third-order valence-electron chi connectivity index (χ3n) is 7.75. The molecule has 1 aliphatic carbocycles. The highest BCUT2D eigenvalue weighted by Crippen LogP contribution is 2.50. The minimum atomic E-state index is -2.56. The Balaban J connectivity index is 1.50. The summed E-state index contributed by atoms with van der Waals surface area (Å²) in [5.74, 6) is -0.0234. The average Bonchev–Trinajstić information content (AvgIpc) is 3.18. The number of rotatable bonds is 4. The smallest absolute Gasteiger partial charge is 0.311 e. The average molecular weight is 432 g/mol. The number of hydrogen-bond acceptors (Lipinski definition) is 6. The van der Waals surface area contributed by atoms with Gasteiger partial charge in [0.15, 0.2) is 0 Å². The zero-order chi connectivity index (χ0) is 24.2. The van der Waals surface area contributed by atoms with Gasteiger partial charge in [0.05, 0.1) is 42.5 Å². The highest BCUT2D eigenvalue weighted by Gasteiger charge is 2.53. The number of methoxy groups -OCH3 is 4. The number of carbonyl (C=O) groups excluding carboxylic acids is 1. The number of piperidine rings is 1. The van der Waals surface area contributed by atoms with Crippen LogP contribution in [0.4, 0.5) is 0 Å². The van der Waals surface area contributed by atoms with Gasteiger partial charge in [0, 0.05) is 49.9 Å². The largest absolute Gasteiger partial charge is 0.497 e. The fourth-order valence-corrected chi connectivity index (χ4v) is 6.36. The van der Waals surface area contributed by atoms with E-state index in [0.29, 0.717) is 6.42 Å². The Morgan fingerprint density at radius 3 is 2.84 bits per heavy atom. The molecule has 1 saturated heterocycles. The lowest BCUT2D eigenvalue weighted by Gasteiger charge is -2.53. The number of nitrogens with one attached hydrogen (secondary N) is 1. The van der Waals surface area contributed by atoms with Crippen LogP contribution in [-0.2, 0) is 25.4 Å². The number of fused-ring (bicyclic) bond motifs is 6. The van der Waals surface area contributed by atoms with E-state index in [1.165, 1.54) is 30.9 Å². The molecule has 7 nitrogen and oxygen atoms in total. The van der Waals surface area contributed by atoms with E-state index in [2.05, 4.69) is 16.0 Å². The number of carbonyl (C=O) groups is 1. The standard InChI is InChI=1S/C24H32N2O5/c1-28-14-5-6-15-16-7-8-26-12-13-9-20(29-2)23(30-3)21(24(27)31-4)17(13)11-19(26)22(16)25-18(15)10-14/h5-6,10,13,17,19-21,23,25H,7-9,11-12H2,1-4H3/t13-,17+,19-,20+,21+,23+/m1/s1/i2D3. The van der Waals surface area contributed by atoms with Gasteiger partial charge in [-0.25, -0.2) is 0 Å². The third kappa shape index (κ3) is 3.25. The van der Waals surface area contributed by atoms with E-state index in [4.69, 9.17) is 23.1 Å². The maximum Gasteiger partial charge on any atom is 0.311 e. The lowest BCUT2D eigenvalue weighted by Crippen LogP contribution is -2.58. The Hall–Kier alpha value is -2.09. The molecule has 2 aliphatic heterocycles. The normalized spacial score (nSPS) is 34.6. The van der Waals surface area contributed by atoms with Gasteiger partial charge >= 0.3 is 5.97 Å². The Kier molecular flexibility index (Phi) is 4.57. The molecule has 1 aromatic carbocycles. The molecule has 0 spiro atoms. The van der Waals surface area contributed by atoms with Crippen molar-refractivity contribution in [2.45, 2.75) is 37.5 Å². The number of benzene rings is 1. The monoisotopic (exact) mass is 431 g/mol. The van der Waals surface area contributed by atoms with E-state index in [0.717, 1.165) is 37.2 Å². The van der Waals surface area contributed by atoms with Gasteiger partial charge in [-0.1, -0.05) is 0 Å². The van der Waals surface area contributed by atoms with Gasteiger partial charge in [0.2, 0.25) is 0 Å².